The van der Waals surface area contributed by atoms with Gasteiger partial charge in [0, 0.05) is 6.16 Å². The molecular weight excluding hydrogens is 251 g/mol. The molecule has 0 saturated heterocycles. The smallest absolute Gasteiger partial charge is 0.328 e. The minimum absolute atomic E-state index is 0.105. The molecule has 1 aromatic rings. The largest absolute Gasteiger partial charge is 0.508 e. The second kappa shape index (κ2) is 6.93. The predicted molar refractivity (Wildman–Crippen MR) is 71.8 cm³/mol. The molecule has 2 unspecified atom stereocenters. The van der Waals surface area contributed by atoms with Gasteiger partial charge < -0.3 is 14.5 Å². The first-order valence-electron chi connectivity index (χ1n) is 6.27. The Morgan fingerprint density at radius 1 is 1.28 bits per heavy atom. The quantitative estimate of drug-likeness (QED) is 0.740. The van der Waals surface area contributed by atoms with Gasteiger partial charge in [0.15, 0.2) is 0 Å². The van der Waals surface area contributed by atoms with Crippen LogP contribution in [0.2, 0.25) is 0 Å². The van der Waals surface area contributed by atoms with E-state index < -0.39 is 7.60 Å². The van der Waals surface area contributed by atoms with Crippen LogP contribution in [0.25, 0.3) is 0 Å². The van der Waals surface area contributed by atoms with Crippen LogP contribution in [0, 0.1) is 0 Å². The van der Waals surface area contributed by atoms with Crippen LogP contribution >= 0.6 is 7.60 Å². The van der Waals surface area contributed by atoms with Gasteiger partial charge in [0.05, 0.1) is 6.10 Å². The Morgan fingerprint density at radius 3 is 2.39 bits per heavy atom. The average molecular weight is 272 g/mol. The van der Waals surface area contributed by atoms with Crippen LogP contribution in [-0.4, -0.2) is 16.2 Å². The fourth-order valence-electron chi connectivity index (χ4n) is 1.63. The molecule has 2 N–H and O–H groups in total. The van der Waals surface area contributed by atoms with E-state index in [2.05, 4.69) is 6.92 Å². The third-order valence-electron chi connectivity index (χ3n) is 2.78. The lowest BCUT2D eigenvalue weighted by atomic mass is 10.0. The molecule has 0 fully saturated rings. The van der Waals surface area contributed by atoms with Crippen LogP contribution in [0.15, 0.2) is 24.3 Å². The van der Waals surface area contributed by atoms with Crippen molar-refractivity contribution in [1.29, 1.82) is 0 Å². The minimum Gasteiger partial charge on any atom is -0.508 e. The molecule has 0 aliphatic carbocycles. The van der Waals surface area contributed by atoms with E-state index in [-0.39, 0.29) is 18.0 Å². The number of hydrogen-bond donors (Lipinski definition) is 2. The molecule has 0 saturated carbocycles. The highest BCUT2D eigenvalue weighted by molar-refractivity contribution is 7.52. The monoisotopic (exact) mass is 272 g/mol. The first-order chi connectivity index (χ1) is 8.48. The Bertz CT molecular complexity index is 402. The van der Waals surface area contributed by atoms with Gasteiger partial charge in [0.2, 0.25) is 0 Å². The van der Waals surface area contributed by atoms with Gasteiger partial charge in [-0.25, -0.2) is 0 Å². The molecule has 0 aliphatic heterocycles. The SMILES string of the molecule is CCCCC(OP(=O)(O)CC)c1ccc(O)cc1. The Hall–Kier alpha value is -0.830. The molecule has 0 aromatic heterocycles. The zero-order valence-electron chi connectivity index (χ0n) is 10.9. The van der Waals surface area contributed by atoms with Crippen LogP contribution in [0.5, 0.6) is 5.75 Å². The molecule has 102 valence electrons. The van der Waals surface area contributed by atoms with Crippen molar-refractivity contribution in [2.75, 3.05) is 6.16 Å². The van der Waals surface area contributed by atoms with Crippen LogP contribution in [0.1, 0.15) is 44.8 Å². The van der Waals surface area contributed by atoms with Gasteiger partial charge in [0.25, 0.3) is 0 Å². The van der Waals surface area contributed by atoms with Gasteiger partial charge in [-0.2, -0.15) is 0 Å². The van der Waals surface area contributed by atoms with Crippen molar-refractivity contribution in [3.8, 4) is 5.75 Å². The second-order valence-electron chi connectivity index (χ2n) is 4.28. The summed E-state index contributed by atoms with van der Waals surface area (Å²) in [5, 5.41) is 9.25. The van der Waals surface area contributed by atoms with E-state index in [1.165, 1.54) is 0 Å². The molecule has 5 heteroatoms. The molecule has 1 aromatic carbocycles. The molecule has 0 aliphatic rings. The van der Waals surface area contributed by atoms with E-state index in [1.54, 1.807) is 31.2 Å². The molecule has 1 rings (SSSR count). The van der Waals surface area contributed by atoms with Gasteiger partial charge in [0.1, 0.15) is 5.75 Å². The van der Waals surface area contributed by atoms with Crippen LogP contribution in [0.3, 0.4) is 0 Å². The summed E-state index contributed by atoms with van der Waals surface area (Å²) in [5.41, 5.74) is 0.823. The Kier molecular flexibility index (Phi) is 5.86. The van der Waals surface area contributed by atoms with Crippen molar-refractivity contribution in [2.45, 2.75) is 39.2 Å². The van der Waals surface area contributed by atoms with E-state index >= 15 is 0 Å². The fourth-order valence-corrected chi connectivity index (χ4v) is 2.41. The molecule has 18 heavy (non-hydrogen) atoms. The van der Waals surface area contributed by atoms with Gasteiger partial charge >= 0.3 is 7.60 Å². The lowest BCUT2D eigenvalue weighted by Gasteiger charge is -2.21. The van der Waals surface area contributed by atoms with Crippen molar-refractivity contribution in [1.82, 2.24) is 0 Å². The maximum Gasteiger partial charge on any atom is 0.328 e. The summed E-state index contributed by atoms with van der Waals surface area (Å²) in [7, 11) is -3.51. The number of benzene rings is 1. The van der Waals surface area contributed by atoms with Gasteiger partial charge in [-0.3, -0.25) is 4.57 Å². The number of phenols is 1. The zero-order chi connectivity index (χ0) is 13.6. The maximum absolute atomic E-state index is 11.7. The van der Waals surface area contributed by atoms with Crippen LogP contribution in [-0.2, 0) is 9.09 Å². The molecule has 0 spiro atoms. The highest BCUT2D eigenvalue weighted by Gasteiger charge is 2.23. The van der Waals surface area contributed by atoms with Crippen molar-refractivity contribution in [3.63, 3.8) is 0 Å². The summed E-state index contributed by atoms with van der Waals surface area (Å²) >= 11 is 0. The molecule has 0 radical (unpaired) electrons. The Labute approximate surface area is 108 Å². The topological polar surface area (TPSA) is 66.8 Å². The summed E-state index contributed by atoms with van der Waals surface area (Å²) in [6.45, 7) is 3.70. The molecule has 4 nitrogen and oxygen atoms in total. The average Bonchev–Trinajstić information content (AvgIpc) is 2.35. The second-order valence-corrected chi connectivity index (χ2v) is 6.40. The highest BCUT2D eigenvalue weighted by Crippen LogP contribution is 2.47. The summed E-state index contributed by atoms with van der Waals surface area (Å²) in [5.74, 6) is 0.177. The Morgan fingerprint density at radius 2 is 1.89 bits per heavy atom. The van der Waals surface area contributed by atoms with Gasteiger partial charge in [-0.1, -0.05) is 38.8 Å². The van der Waals surface area contributed by atoms with Crippen molar-refractivity contribution in [2.24, 2.45) is 0 Å². The number of hydrogen-bond acceptors (Lipinski definition) is 3. The first-order valence-corrected chi connectivity index (χ1v) is 8.04. The number of aromatic hydroxyl groups is 1. The van der Waals surface area contributed by atoms with Crippen LogP contribution in [0.4, 0.5) is 0 Å². The van der Waals surface area contributed by atoms with Gasteiger partial charge in [-0.15, -0.1) is 0 Å². The summed E-state index contributed by atoms with van der Waals surface area (Å²) in [4.78, 5) is 9.59. The summed E-state index contributed by atoms with van der Waals surface area (Å²) in [6.07, 6.45) is 2.34. The van der Waals surface area contributed by atoms with Crippen LogP contribution < -0.4 is 0 Å². The van der Waals surface area contributed by atoms with E-state index in [0.717, 1.165) is 18.4 Å². The maximum atomic E-state index is 11.7. The summed E-state index contributed by atoms with van der Waals surface area (Å²) < 4.78 is 17.0. The standard InChI is InChI=1S/C13H21O4P/c1-3-5-6-13(17-18(15,16)4-2)11-7-9-12(14)10-8-11/h7-10,13-14H,3-6H2,1-2H3,(H,15,16). The third kappa shape index (κ3) is 4.81. The van der Waals surface area contributed by atoms with E-state index in [4.69, 9.17) is 4.52 Å². The number of phenolic OH excluding ortho intramolecular Hbond substituents is 1. The molecule has 0 amide bonds. The predicted octanol–water partition coefficient (Wildman–Crippen LogP) is 3.85. The fraction of sp³-hybridized carbons (Fsp3) is 0.538. The van der Waals surface area contributed by atoms with Crippen molar-refractivity contribution >= 4 is 7.60 Å². The van der Waals surface area contributed by atoms with E-state index in [1.807, 2.05) is 0 Å². The molecular formula is C13H21O4P. The normalized spacial score (nSPS) is 16.2. The number of rotatable bonds is 7. The Balaban J connectivity index is 2.83. The van der Waals surface area contributed by atoms with E-state index in [9.17, 15) is 14.6 Å². The first kappa shape index (κ1) is 15.2. The zero-order valence-corrected chi connectivity index (χ0v) is 11.8. The highest BCUT2D eigenvalue weighted by atomic mass is 31.2. The van der Waals surface area contributed by atoms with Gasteiger partial charge in [-0.05, 0) is 24.1 Å². The van der Waals surface area contributed by atoms with E-state index in [0.29, 0.717) is 6.42 Å². The number of unbranched alkanes of at least 4 members (excludes halogenated alkanes) is 1. The molecule has 0 bridgehead atoms. The summed E-state index contributed by atoms with van der Waals surface area (Å²) in [6, 6.07) is 6.58. The lowest BCUT2D eigenvalue weighted by molar-refractivity contribution is 0.165. The third-order valence-corrected chi connectivity index (χ3v) is 4.16. The van der Waals surface area contributed by atoms with Crippen molar-refractivity contribution < 1.29 is 19.1 Å². The van der Waals surface area contributed by atoms with Crippen molar-refractivity contribution in [3.05, 3.63) is 29.8 Å². The molecule has 0 heterocycles. The lowest BCUT2D eigenvalue weighted by Crippen LogP contribution is -2.04. The minimum atomic E-state index is -3.51. The molecule has 2 atom stereocenters.